The van der Waals surface area contributed by atoms with E-state index in [1.807, 2.05) is 12.1 Å². The molecule has 2 aliphatic carbocycles. The number of phenolic OH excluding ortho intramolecular Hbond substituents is 2. The van der Waals surface area contributed by atoms with Crippen LogP contribution in [0.3, 0.4) is 0 Å². The van der Waals surface area contributed by atoms with Gasteiger partial charge in [-0.3, -0.25) is 4.99 Å². The lowest BCUT2D eigenvalue weighted by atomic mass is 9.72. The lowest BCUT2D eigenvalue weighted by molar-refractivity contribution is 0.0169. The molecule has 3 aliphatic rings. The molecule has 10 nitrogen and oxygen atoms in total. The van der Waals surface area contributed by atoms with Crippen molar-refractivity contribution in [2.24, 2.45) is 34.2 Å². The van der Waals surface area contributed by atoms with Gasteiger partial charge in [-0.15, -0.1) is 0 Å². The number of nitrogens with zero attached hydrogens (tertiary/aromatic N) is 1. The number of aromatic hydroxyl groups is 2. The average molecular weight is 730 g/mol. The minimum absolute atomic E-state index is 0.000688. The molecule has 0 bridgehead atoms. The maximum absolute atomic E-state index is 11.9. The van der Waals surface area contributed by atoms with Crippen molar-refractivity contribution < 1.29 is 34.6 Å². The highest BCUT2D eigenvalue weighted by Gasteiger charge is 2.39. The Morgan fingerprint density at radius 1 is 1.00 bits per heavy atom. The lowest BCUT2D eigenvalue weighted by Gasteiger charge is -2.38. The van der Waals surface area contributed by atoms with Gasteiger partial charge in [0.2, 0.25) is 0 Å². The van der Waals surface area contributed by atoms with Crippen LogP contribution in [0.4, 0.5) is 0 Å². The van der Waals surface area contributed by atoms with E-state index in [2.05, 4.69) is 31.8 Å². The summed E-state index contributed by atoms with van der Waals surface area (Å²) < 4.78 is 19.4. The number of fused-ring (bicyclic) bond motifs is 5. The Morgan fingerprint density at radius 3 is 2.53 bits per heavy atom. The zero-order valence-electron chi connectivity index (χ0n) is 31.8. The van der Waals surface area contributed by atoms with Gasteiger partial charge in [0.05, 0.1) is 13.2 Å². The molecular formula is C43H59N3O7. The fourth-order valence-electron chi connectivity index (χ4n) is 9.07. The molecule has 3 aromatic carbocycles. The molecule has 0 unspecified atom stereocenters. The maximum atomic E-state index is 11.9. The molecule has 0 saturated heterocycles. The van der Waals surface area contributed by atoms with Crippen LogP contribution in [0.15, 0.2) is 41.4 Å². The minimum atomic E-state index is -0.854. The first-order valence-corrected chi connectivity index (χ1v) is 19.6. The first kappa shape index (κ1) is 38.6. The summed E-state index contributed by atoms with van der Waals surface area (Å²) in [6.45, 7) is 6.99. The van der Waals surface area contributed by atoms with E-state index >= 15 is 0 Å². The molecule has 8 N–H and O–H groups in total. The number of unbranched alkanes of at least 4 members (excludes halogenated alkanes) is 2. The van der Waals surface area contributed by atoms with Crippen molar-refractivity contribution in [3.8, 4) is 39.9 Å². The van der Waals surface area contributed by atoms with Crippen molar-refractivity contribution in [3.63, 3.8) is 0 Å². The number of rotatable bonds is 14. The number of hydrogen-bond acceptors (Lipinski definition) is 8. The summed E-state index contributed by atoms with van der Waals surface area (Å²) in [5.74, 6) is 2.71. The predicted molar refractivity (Wildman–Crippen MR) is 208 cm³/mol. The molecule has 1 saturated carbocycles. The summed E-state index contributed by atoms with van der Waals surface area (Å²) in [6.07, 6.45) is 7.67. The Kier molecular flexibility index (Phi) is 12.3. The van der Waals surface area contributed by atoms with Crippen molar-refractivity contribution in [2.45, 2.75) is 116 Å². The maximum Gasteiger partial charge on any atom is 0.185 e. The number of phenols is 2. The SMILES string of the molecule is CCCCC[C@@H]1Cc2cc(O)c(CC(C)C)cc2-c2c(OC)cc3c(c21)C[C@@H](O)[C@H](c1ccc(O)c(O[C@@H]2CCC[C@@H](CO)[C@@H]2CCN=C(N)N)c1)O3. The molecule has 1 fully saturated rings. The monoisotopic (exact) mass is 729 g/mol. The number of aliphatic imine (C=N–C) groups is 1. The van der Waals surface area contributed by atoms with Gasteiger partial charge in [0, 0.05) is 42.7 Å². The van der Waals surface area contributed by atoms with Crippen LogP contribution in [-0.4, -0.2) is 58.9 Å². The lowest BCUT2D eigenvalue weighted by Crippen LogP contribution is -2.39. The third-order valence-corrected chi connectivity index (χ3v) is 11.6. The van der Waals surface area contributed by atoms with Gasteiger partial charge in [0.15, 0.2) is 17.5 Å². The van der Waals surface area contributed by atoms with Gasteiger partial charge >= 0.3 is 0 Å². The summed E-state index contributed by atoms with van der Waals surface area (Å²) in [6, 6.07) is 11.2. The molecule has 0 spiro atoms. The number of hydrogen-bond donors (Lipinski definition) is 6. The summed E-state index contributed by atoms with van der Waals surface area (Å²) >= 11 is 0. The van der Waals surface area contributed by atoms with Crippen molar-refractivity contribution in [3.05, 3.63) is 64.2 Å². The van der Waals surface area contributed by atoms with Gasteiger partial charge in [-0.25, -0.2) is 0 Å². The molecule has 6 rings (SSSR count). The van der Waals surface area contributed by atoms with Crippen LogP contribution in [0.25, 0.3) is 11.1 Å². The zero-order valence-corrected chi connectivity index (χ0v) is 31.8. The molecule has 0 aromatic heterocycles. The highest BCUT2D eigenvalue weighted by Crippen LogP contribution is 2.54. The summed E-state index contributed by atoms with van der Waals surface area (Å²) in [4.78, 5) is 4.16. The van der Waals surface area contributed by atoms with E-state index in [1.54, 1.807) is 25.3 Å². The number of guanidine groups is 1. The minimum Gasteiger partial charge on any atom is -0.508 e. The van der Waals surface area contributed by atoms with Gasteiger partial charge < -0.3 is 46.1 Å². The second kappa shape index (κ2) is 16.9. The Bertz CT molecular complexity index is 1770. The Labute approximate surface area is 314 Å². The Hall–Kier alpha value is -4.15. The van der Waals surface area contributed by atoms with Crippen molar-refractivity contribution in [1.29, 1.82) is 0 Å². The number of nitrogens with two attached hydrogens (primary N) is 2. The quantitative estimate of drug-likeness (QED) is 0.0578. The van der Waals surface area contributed by atoms with Crippen LogP contribution in [0.2, 0.25) is 0 Å². The first-order valence-electron chi connectivity index (χ1n) is 19.6. The standard InChI is InChI=1S/C43H59N3O7/c1-5-6-7-9-25-17-28-19-34(49)29(16-24(2)3)18-31(28)41-39(51-4)22-37-32(40(25)41)21-35(50)42(53-37)26-12-13-33(48)38(20-26)52-36-11-8-10-27(23-47)30(36)14-15-46-43(44)45/h12-13,18-20,22,24-25,27,30,35-36,42,47-50H,5-11,14-17,21,23H2,1-4H3,(H4,44,45,46)/t25-,27+,30+,35-,36-,42+/m1/s1. The molecule has 0 amide bonds. The molecular weight excluding hydrogens is 670 g/mol. The topological polar surface area (TPSA) is 173 Å². The van der Waals surface area contributed by atoms with Crippen molar-refractivity contribution >= 4 is 5.96 Å². The van der Waals surface area contributed by atoms with Crippen LogP contribution in [-0.2, 0) is 19.3 Å². The van der Waals surface area contributed by atoms with Crippen LogP contribution >= 0.6 is 0 Å². The fraction of sp³-hybridized carbons (Fsp3) is 0.558. The second-order valence-corrected chi connectivity index (χ2v) is 15.8. The largest absolute Gasteiger partial charge is 0.508 e. The second-order valence-electron chi connectivity index (χ2n) is 15.8. The van der Waals surface area contributed by atoms with E-state index in [4.69, 9.17) is 25.7 Å². The van der Waals surface area contributed by atoms with E-state index in [0.29, 0.717) is 53.9 Å². The number of aliphatic hydroxyl groups excluding tert-OH is 2. The van der Waals surface area contributed by atoms with Crippen LogP contribution in [0, 0.1) is 17.8 Å². The normalized spacial score (nSPS) is 23.4. The third kappa shape index (κ3) is 8.34. The van der Waals surface area contributed by atoms with E-state index in [0.717, 1.165) is 85.6 Å². The van der Waals surface area contributed by atoms with Gasteiger partial charge in [0.25, 0.3) is 0 Å². The van der Waals surface area contributed by atoms with Gasteiger partial charge in [-0.05, 0) is 115 Å². The van der Waals surface area contributed by atoms with Crippen LogP contribution in [0.5, 0.6) is 28.7 Å². The van der Waals surface area contributed by atoms with Gasteiger partial charge in [-0.2, -0.15) is 0 Å². The van der Waals surface area contributed by atoms with E-state index in [9.17, 15) is 20.4 Å². The number of methoxy groups -OCH3 is 1. The predicted octanol–water partition coefficient (Wildman–Crippen LogP) is 7.05. The molecule has 10 heteroatoms. The average Bonchev–Trinajstić information content (AvgIpc) is 3.12. The van der Waals surface area contributed by atoms with E-state index < -0.39 is 12.2 Å². The third-order valence-electron chi connectivity index (χ3n) is 11.6. The van der Waals surface area contributed by atoms with Gasteiger partial charge in [0.1, 0.15) is 29.5 Å². The Balaban J connectivity index is 1.34. The molecule has 3 aromatic rings. The number of ether oxygens (including phenoxy) is 3. The van der Waals surface area contributed by atoms with E-state index in [-0.39, 0.29) is 42.2 Å². The summed E-state index contributed by atoms with van der Waals surface area (Å²) in [5, 5.41) is 44.0. The van der Waals surface area contributed by atoms with Crippen molar-refractivity contribution in [1.82, 2.24) is 0 Å². The molecule has 1 heterocycles. The highest BCUT2D eigenvalue weighted by molar-refractivity contribution is 5.83. The number of benzene rings is 3. The summed E-state index contributed by atoms with van der Waals surface area (Å²) in [7, 11) is 1.69. The molecule has 0 radical (unpaired) electrons. The summed E-state index contributed by atoms with van der Waals surface area (Å²) in [5.41, 5.74) is 18.2. The van der Waals surface area contributed by atoms with E-state index in [1.165, 1.54) is 5.56 Å². The number of aliphatic hydroxyl groups is 2. The smallest absolute Gasteiger partial charge is 0.185 e. The van der Waals surface area contributed by atoms with Gasteiger partial charge in [-0.1, -0.05) is 46.1 Å². The fourth-order valence-corrected chi connectivity index (χ4v) is 9.07. The molecule has 1 aliphatic heterocycles. The highest BCUT2D eigenvalue weighted by atomic mass is 16.5. The molecule has 288 valence electrons. The van der Waals surface area contributed by atoms with Crippen LogP contribution < -0.4 is 25.7 Å². The van der Waals surface area contributed by atoms with Crippen LogP contribution in [0.1, 0.15) is 112 Å². The Morgan fingerprint density at radius 2 is 1.81 bits per heavy atom. The molecule has 53 heavy (non-hydrogen) atoms. The van der Waals surface area contributed by atoms with Crippen molar-refractivity contribution in [2.75, 3.05) is 20.3 Å². The molecule has 6 atom stereocenters. The first-order chi connectivity index (χ1) is 25.5. The zero-order chi connectivity index (χ0) is 37.8.